The number of nitrogens with one attached hydrogen (secondary N) is 1. The number of nitrogens with zero attached hydrogens (tertiary/aromatic N) is 4. The number of benzene rings is 1. The Morgan fingerprint density at radius 1 is 1.19 bits per heavy atom. The molecule has 2 heterocycles. The lowest BCUT2D eigenvalue weighted by molar-refractivity contribution is 0.508. The molecule has 0 aliphatic heterocycles. The zero-order valence-electron chi connectivity index (χ0n) is 15.0. The number of fused-ring (bicyclic) bond motifs is 1. The average Bonchev–Trinajstić information content (AvgIpc) is 3.30. The molecule has 0 unspecified atom stereocenters. The van der Waals surface area contributed by atoms with Crippen LogP contribution in [0, 0.1) is 11.6 Å². The highest BCUT2D eigenvalue weighted by atomic mass is 32.2. The second-order valence-electron chi connectivity index (χ2n) is 6.28. The first-order chi connectivity index (χ1) is 13.1. The van der Waals surface area contributed by atoms with Crippen LogP contribution >= 0.6 is 11.8 Å². The van der Waals surface area contributed by atoms with Crippen LogP contribution in [0.2, 0.25) is 0 Å². The monoisotopic (exact) mass is 387 g/mol. The topological polar surface area (TPSA) is 55.6 Å². The molecule has 0 fully saturated rings. The van der Waals surface area contributed by atoms with E-state index in [2.05, 4.69) is 27.2 Å². The molecule has 2 aromatic heterocycles. The Balaban J connectivity index is 1.60. The molecule has 0 saturated carbocycles. The minimum atomic E-state index is -0.844. The standard InChI is InChI=1S/C19H19F2N5S/c1-3-7-27-19-24-17(16-18(25-19)26(4-2)10-22-16)23-15-9-12(15)11-5-6-13(20)14(21)8-11/h5-6,8-10,15H,3-4,7H2,1-2H3,(H,23,24,25)/t15-/m1/s1. The first kappa shape index (κ1) is 17.9. The van der Waals surface area contributed by atoms with Crippen molar-refractivity contribution in [1.82, 2.24) is 19.5 Å². The molecule has 1 atom stereocenters. The smallest absolute Gasteiger partial charge is 0.191 e. The number of aryl methyl sites for hydroxylation is 1. The number of rotatable bonds is 7. The maximum atomic E-state index is 13.5. The lowest BCUT2D eigenvalue weighted by Crippen LogP contribution is -2.09. The van der Waals surface area contributed by atoms with Crippen molar-refractivity contribution in [3.63, 3.8) is 0 Å². The molecule has 4 rings (SSSR count). The summed E-state index contributed by atoms with van der Waals surface area (Å²) in [5.74, 6) is -0.0924. The lowest BCUT2D eigenvalue weighted by Gasteiger charge is -2.09. The molecular weight excluding hydrogens is 368 g/mol. The third kappa shape index (κ3) is 3.53. The molecule has 1 aromatic carbocycles. The molecule has 0 saturated heterocycles. The zero-order valence-corrected chi connectivity index (χ0v) is 15.9. The summed E-state index contributed by atoms with van der Waals surface area (Å²) in [6.07, 6.45) is 4.75. The Morgan fingerprint density at radius 2 is 2.04 bits per heavy atom. The van der Waals surface area contributed by atoms with Crippen LogP contribution < -0.4 is 5.32 Å². The Kier molecular flexibility index (Phi) is 4.82. The second-order valence-corrected chi connectivity index (χ2v) is 7.34. The first-order valence-electron chi connectivity index (χ1n) is 8.90. The second kappa shape index (κ2) is 7.26. The normalized spacial score (nSPS) is 15.9. The van der Waals surface area contributed by atoms with E-state index >= 15 is 0 Å². The molecule has 27 heavy (non-hydrogen) atoms. The third-order valence-corrected chi connectivity index (χ3v) is 5.39. The molecule has 1 aliphatic rings. The lowest BCUT2D eigenvalue weighted by atomic mass is 10.1. The summed E-state index contributed by atoms with van der Waals surface area (Å²) in [5, 5.41) is 4.05. The van der Waals surface area contributed by atoms with E-state index in [9.17, 15) is 8.78 Å². The summed E-state index contributed by atoms with van der Waals surface area (Å²) < 4.78 is 28.6. The summed E-state index contributed by atoms with van der Waals surface area (Å²) in [5.41, 5.74) is 3.08. The van der Waals surface area contributed by atoms with Gasteiger partial charge in [-0.2, -0.15) is 0 Å². The van der Waals surface area contributed by atoms with Crippen molar-refractivity contribution in [2.24, 2.45) is 0 Å². The van der Waals surface area contributed by atoms with E-state index in [1.165, 1.54) is 6.07 Å². The van der Waals surface area contributed by atoms with Crippen LogP contribution in [0.4, 0.5) is 14.6 Å². The van der Waals surface area contributed by atoms with Crippen LogP contribution in [0.3, 0.4) is 0 Å². The van der Waals surface area contributed by atoms with E-state index < -0.39 is 11.6 Å². The van der Waals surface area contributed by atoms with Crippen LogP contribution in [0.25, 0.3) is 16.7 Å². The van der Waals surface area contributed by atoms with Gasteiger partial charge in [0.25, 0.3) is 0 Å². The van der Waals surface area contributed by atoms with Gasteiger partial charge in [-0.25, -0.2) is 23.7 Å². The Morgan fingerprint density at radius 3 is 2.78 bits per heavy atom. The summed E-state index contributed by atoms with van der Waals surface area (Å²) in [7, 11) is 0. The minimum absolute atomic E-state index is 0.0798. The highest BCUT2D eigenvalue weighted by Gasteiger charge is 2.28. The maximum Gasteiger partial charge on any atom is 0.191 e. The van der Waals surface area contributed by atoms with Gasteiger partial charge >= 0.3 is 0 Å². The fourth-order valence-corrected chi connectivity index (χ4v) is 3.56. The van der Waals surface area contributed by atoms with E-state index in [1.54, 1.807) is 24.2 Å². The van der Waals surface area contributed by atoms with E-state index in [-0.39, 0.29) is 6.04 Å². The largest absolute Gasteiger partial charge is 0.358 e. The maximum absolute atomic E-state index is 13.5. The molecule has 140 valence electrons. The molecule has 1 aliphatic carbocycles. The fraction of sp³-hybridized carbons (Fsp3) is 0.316. The van der Waals surface area contributed by atoms with Crippen molar-refractivity contribution < 1.29 is 8.78 Å². The van der Waals surface area contributed by atoms with Gasteiger partial charge in [-0.05, 0) is 36.6 Å². The van der Waals surface area contributed by atoms with Crippen molar-refractivity contribution in [2.75, 3.05) is 11.1 Å². The quantitative estimate of drug-likeness (QED) is 0.478. The van der Waals surface area contributed by atoms with Crippen molar-refractivity contribution in [3.8, 4) is 0 Å². The van der Waals surface area contributed by atoms with Crippen LogP contribution in [0.15, 0.2) is 35.8 Å². The van der Waals surface area contributed by atoms with E-state index in [1.807, 2.05) is 17.6 Å². The summed E-state index contributed by atoms with van der Waals surface area (Å²) in [4.78, 5) is 13.7. The van der Waals surface area contributed by atoms with E-state index in [4.69, 9.17) is 0 Å². The predicted molar refractivity (Wildman–Crippen MR) is 104 cm³/mol. The van der Waals surface area contributed by atoms with Gasteiger partial charge in [0.05, 0.1) is 12.4 Å². The van der Waals surface area contributed by atoms with Crippen molar-refractivity contribution >= 4 is 34.3 Å². The number of anilines is 1. The fourth-order valence-electron chi connectivity index (χ4n) is 2.86. The molecule has 3 aromatic rings. The molecule has 0 spiro atoms. The number of thioether (sulfide) groups is 1. The predicted octanol–water partition coefficient (Wildman–Crippen LogP) is 4.50. The first-order valence-corrected chi connectivity index (χ1v) is 9.88. The number of imidazole rings is 1. The van der Waals surface area contributed by atoms with Crippen LogP contribution in [-0.4, -0.2) is 31.3 Å². The number of hydrogen-bond donors (Lipinski definition) is 1. The SMILES string of the molecule is CCCSc1nc(N[C@@H]2C=C2c2ccc(F)c(F)c2)c2ncn(CC)c2n1. The van der Waals surface area contributed by atoms with Crippen molar-refractivity contribution in [2.45, 2.75) is 38.0 Å². The molecule has 0 radical (unpaired) electrons. The molecule has 0 amide bonds. The molecule has 0 bridgehead atoms. The number of hydrogen-bond acceptors (Lipinski definition) is 5. The Bertz CT molecular complexity index is 1030. The van der Waals surface area contributed by atoms with Crippen LogP contribution in [0.5, 0.6) is 0 Å². The van der Waals surface area contributed by atoms with Gasteiger partial charge in [-0.3, -0.25) is 0 Å². The van der Waals surface area contributed by atoms with Gasteiger partial charge in [0.15, 0.2) is 33.8 Å². The summed E-state index contributed by atoms with van der Waals surface area (Å²) in [6, 6.07) is 3.86. The Hall–Kier alpha value is -2.48. The van der Waals surface area contributed by atoms with Gasteiger partial charge in [0, 0.05) is 12.3 Å². The van der Waals surface area contributed by atoms with Crippen LogP contribution in [-0.2, 0) is 6.54 Å². The van der Waals surface area contributed by atoms with Gasteiger partial charge in [-0.15, -0.1) is 0 Å². The van der Waals surface area contributed by atoms with Gasteiger partial charge in [0.2, 0.25) is 0 Å². The average molecular weight is 387 g/mol. The van der Waals surface area contributed by atoms with Crippen molar-refractivity contribution in [1.29, 1.82) is 0 Å². The highest BCUT2D eigenvalue weighted by molar-refractivity contribution is 7.99. The molecule has 8 heteroatoms. The molecule has 1 N–H and O–H groups in total. The van der Waals surface area contributed by atoms with E-state index in [0.29, 0.717) is 22.1 Å². The Labute approximate surface area is 159 Å². The zero-order chi connectivity index (χ0) is 19.0. The highest BCUT2D eigenvalue weighted by Crippen LogP contribution is 2.36. The van der Waals surface area contributed by atoms with E-state index in [0.717, 1.165) is 36.0 Å². The summed E-state index contributed by atoms with van der Waals surface area (Å²) in [6.45, 7) is 4.93. The third-order valence-electron chi connectivity index (χ3n) is 4.34. The summed E-state index contributed by atoms with van der Waals surface area (Å²) >= 11 is 1.61. The molecule has 5 nitrogen and oxygen atoms in total. The van der Waals surface area contributed by atoms with Gasteiger partial charge < -0.3 is 9.88 Å². The molecular formula is C19H19F2N5S. The number of halogens is 2. The van der Waals surface area contributed by atoms with Crippen LogP contribution in [0.1, 0.15) is 25.8 Å². The van der Waals surface area contributed by atoms with Crippen molar-refractivity contribution in [3.05, 3.63) is 47.8 Å². The minimum Gasteiger partial charge on any atom is -0.358 e. The van der Waals surface area contributed by atoms with Gasteiger partial charge in [-0.1, -0.05) is 30.8 Å². The number of aromatic nitrogens is 4. The van der Waals surface area contributed by atoms with Gasteiger partial charge in [0.1, 0.15) is 0 Å².